The van der Waals surface area contributed by atoms with E-state index in [1.54, 1.807) is 0 Å². The normalized spacial score (nSPS) is 17.9. The zero-order chi connectivity index (χ0) is 13.8. The van der Waals surface area contributed by atoms with E-state index in [-0.39, 0.29) is 12.3 Å². The predicted molar refractivity (Wildman–Crippen MR) is 76.2 cm³/mol. The van der Waals surface area contributed by atoms with E-state index in [0.29, 0.717) is 5.92 Å². The summed E-state index contributed by atoms with van der Waals surface area (Å²) in [5.74, 6) is -0.196. The highest BCUT2D eigenvalue weighted by atomic mass is 16.4. The quantitative estimate of drug-likeness (QED) is 0.902. The van der Waals surface area contributed by atoms with Crippen LogP contribution in [0.3, 0.4) is 0 Å². The molecule has 0 radical (unpaired) electrons. The Bertz CT molecular complexity index is 533. The third-order valence-electron chi connectivity index (χ3n) is 3.28. The molecule has 19 heavy (non-hydrogen) atoms. The Morgan fingerprint density at radius 2 is 2.21 bits per heavy atom. The molecule has 1 aliphatic heterocycles. The van der Waals surface area contributed by atoms with Gasteiger partial charge in [-0.25, -0.2) is 0 Å². The number of aliphatic carboxylic acids is 1. The van der Waals surface area contributed by atoms with E-state index in [1.807, 2.05) is 30.6 Å². The third kappa shape index (κ3) is 3.28. The molecule has 1 N–H and O–H groups in total. The SMILES string of the molecule is CC(C)c1cc(CC(=O)O)ccc1C1C=NN=CC1. The second kappa shape index (κ2) is 5.78. The van der Waals surface area contributed by atoms with E-state index in [4.69, 9.17) is 5.11 Å². The minimum Gasteiger partial charge on any atom is -0.481 e. The first-order chi connectivity index (χ1) is 9.08. The highest BCUT2D eigenvalue weighted by Crippen LogP contribution is 2.29. The zero-order valence-electron chi connectivity index (χ0n) is 11.2. The van der Waals surface area contributed by atoms with Crippen molar-refractivity contribution in [3.05, 3.63) is 34.9 Å². The molecule has 1 atom stereocenters. The molecular formula is C15H18N2O2. The van der Waals surface area contributed by atoms with E-state index >= 15 is 0 Å². The molecule has 0 aliphatic carbocycles. The molecular weight excluding hydrogens is 240 g/mol. The van der Waals surface area contributed by atoms with Crippen LogP contribution in [0, 0.1) is 0 Å². The Hall–Kier alpha value is -1.97. The second-order valence-corrected chi connectivity index (χ2v) is 5.09. The van der Waals surface area contributed by atoms with Gasteiger partial charge in [-0.1, -0.05) is 32.0 Å². The molecule has 2 rings (SSSR count). The topological polar surface area (TPSA) is 62.0 Å². The van der Waals surface area contributed by atoms with Crippen LogP contribution in [-0.4, -0.2) is 23.5 Å². The van der Waals surface area contributed by atoms with Crippen molar-refractivity contribution in [2.75, 3.05) is 0 Å². The Kier molecular flexibility index (Phi) is 4.10. The summed E-state index contributed by atoms with van der Waals surface area (Å²) < 4.78 is 0. The molecule has 100 valence electrons. The van der Waals surface area contributed by atoms with Gasteiger partial charge < -0.3 is 5.11 Å². The van der Waals surface area contributed by atoms with E-state index in [9.17, 15) is 4.79 Å². The van der Waals surface area contributed by atoms with Crippen molar-refractivity contribution in [3.63, 3.8) is 0 Å². The lowest BCUT2D eigenvalue weighted by Gasteiger charge is -2.19. The van der Waals surface area contributed by atoms with Gasteiger partial charge in [0, 0.05) is 18.3 Å². The van der Waals surface area contributed by atoms with Crippen molar-refractivity contribution >= 4 is 18.4 Å². The number of benzene rings is 1. The number of carboxylic acids is 1. The Morgan fingerprint density at radius 1 is 1.42 bits per heavy atom. The van der Waals surface area contributed by atoms with Crippen LogP contribution in [0.1, 0.15) is 48.8 Å². The van der Waals surface area contributed by atoms with Gasteiger partial charge in [-0.15, -0.1) is 0 Å². The van der Waals surface area contributed by atoms with Crippen LogP contribution in [-0.2, 0) is 11.2 Å². The lowest BCUT2D eigenvalue weighted by atomic mass is 9.86. The molecule has 1 aromatic rings. The monoisotopic (exact) mass is 258 g/mol. The molecule has 0 fully saturated rings. The van der Waals surface area contributed by atoms with Gasteiger partial charge >= 0.3 is 5.97 Å². The van der Waals surface area contributed by atoms with E-state index in [0.717, 1.165) is 12.0 Å². The van der Waals surface area contributed by atoms with Crippen LogP contribution in [0.2, 0.25) is 0 Å². The van der Waals surface area contributed by atoms with Crippen molar-refractivity contribution in [3.8, 4) is 0 Å². The molecule has 0 saturated carbocycles. The number of hydrogen-bond acceptors (Lipinski definition) is 3. The van der Waals surface area contributed by atoms with Crippen LogP contribution in [0.15, 0.2) is 28.4 Å². The molecule has 0 spiro atoms. The maximum atomic E-state index is 10.8. The van der Waals surface area contributed by atoms with Crippen LogP contribution < -0.4 is 0 Å². The highest BCUT2D eigenvalue weighted by Gasteiger charge is 2.17. The van der Waals surface area contributed by atoms with Crippen LogP contribution in [0.25, 0.3) is 0 Å². The minimum atomic E-state index is -0.797. The van der Waals surface area contributed by atoms with Crippen molar-refractivity contribution in [1.29, 1.82) is 0 Å². The number of carbonyl (C=O) groups is 1. The first kappa shape index (κ1) is 13.5. The summed E-state index contributed by atoms with van der Waals surface area (Å²) in [7, 11) is 0. The number of nitrogens with zero attached hydrogens (tertiary/aromatic N) is 2. The summed E-state index contributed by atoms with van der Waals surface area (Å²) in [6.07, 6.45) is 4.60. The molecule has 0 bridgehead atoms. The van der Waals surface area contributed by atoms with Crippen LogP contribution >= 0.6 is 0 Å². The summed E-state index contributed by atoms with van der Waals surface area (Å²) in [6, 6.07) is 5.94. The first-order valence-corrected chi connectivity index (χ1v) is 6.47. The van der Waals surface area contributed by atoms with Crippen molar-refractivity contribution in [2.24, 2.45) is 10.2 Å². The number of rotatable bonds is 4. The molecule has 1 heterocycles. The van der Waals surface area contributed by atoms with Crippen molar-refractivity contribution in [2.45, 2.75) is 38.5 Å². The van der Waals surface area contributed by atoms with Gasteiger partial charge in [0.15, 0.2) is 0 Å². The van der Waals surface area contributed by atoms with Gasteiger partial charge in [-0.2, -0.15) is 10.2 Å². The van der Waals surface area contributed by atoms with E-state index in [1.165, 1.54) is 11.1 Å². The van der Waals surface area contributed by atoms with Crippen LogP contribution in [0.4, 0.5) is 0 Å². The Morgan fingerprint density at radius 3 is 2.79 bits per heavy atom. The minimum absolute atomic E-state index is 0.0697. The van der Waals surface area contributed by atoms with Crippen LogP contribution in [0.5, 0.6) is 0 Å². The zero-order valence-corrected chi connectivity index (χ0v) is 11.2. The fourth-order valence-corrected chi connectivity index (χ4v) is 2.34. The van der Waals surface area contributed by atoms with E-state index < -0.39 is 5.97 Å². The summed E-state index contributed by atoms with van der Waals surface area (Å²) in [5, 5.41) is 16.7. The molecule has 4 nitrogen and oxygen atoms in total. The maximum Gasteiger partial charge on any atom is 0.307 e. The molecule has 0 amide bonds. The molecule has 0 saturated heterocycles. The summed E-state index contributed by atoms with van der Waals surface area (Å²) in [5.41, 5.74) is 3.27. The average Bonchev–Trinajstić information content (AvgIpc) is 2.39. The van der Waals surface area contributed by atoms with E-state index in [2.05, 4.69) is 24.1 Å². The molecule has 0 aromatic heterocycles. The van der Waals surface area contributed by atoms with Gasteiger partial charge in [0.25, 0.3) is 0 Å². The number of hydrogen-bond donors (Lipinski definition) is 1. The highest BCUT2D eigenvalue weighted by molar-refractivity contribution is 5.78. The van der Waals surface area contributed by atoms with Crippen molar-refractivity contribution < 1.29 is 9.90 Å². The summed E-state index contributed by atoms with van der Waals surface area (Å²) in [6.45, 7) is 4.24. The average molecular weight is 258 g/mol. The number of carboxylic acid groups (broad SMARTS) is 1. The summed E-state index contributed by atoms with van der Waals surface area (Å²) >= 11 is 0. The van der Waals surface area contributed by atoms with Gasteiger partial charge in [0.1, 0.15) is 0 Å². The molecule has 1 aliphatic rings. The smallest absolute Gasteiger partial charge is 0.307 e. The lowest BCUT2D eigenvalue weighted by Crippen LogP contribution is -2.10. The fraction of sp³-hybridized carbons (Fsp3) is 0.400. The molecule has 1 aromatic carbocycles. The van der Waals surface area contributed by atoms with Gasteiger partial charge in [0.05, 0.1) is 6.42 Å². The maximum absolute atomic E-state index is 10.8. The summed E-state index contributed by atoms with van der Waals surface area (Å²) in [4.78, 5) is 10.8. The molecule has 1 unspecified atom stereocenters. The van der Waals surface area contributed by atoms with Gasteiger partial charge in [0.2, 0.25) is 0 Å². The largest absolute Gasteiger partial charge is 0.481 e. The van der Waals surface area contributed by atoms with Gasteiger partial charge in [-0.05, 0) is 29.0 Å². The second-order valence-electron chi connectivity index (χ2n) is 5.09. The fourth-order valence-electron chi connectivity index (χ4n) is 2.34. The lowest BCUT2D eigenvalue weighted by molar-refractivity contribution is -0.136. The van der Waals surface area contributed by atoms with Gasteiger partial charge in [-0.3, -0.25) is 4.79 Å². The van der Waals surface area contributed by atoms with Crippen molar-refractivity contribution in [1.82, 2.24) is 0 Å². The Labute approximate surface area is 112 Å². The first-order valence-electron chi connectivity index (χ1n) is 6.47. The third-order valence-corrected chi connectivity index (χ3v) is 3.28. The standard InChI is InChI=1S/C15H18N2O2/c1-10(2)14-7-11(8-15(18)19)3-4-13(14)12-5-6-16-17-9-12/h3-4,6-7,9-10,12H,5,8H2,1-2H3,(H,18,19). The predicted octanol–water partition coefficient (Wildman–Crippen LogP) is 2.98. The Balaban J connectivity index is 2.35. The molecule has 4 heteroatoms.